The molecular formula is C28H46O5. The Hall–Kier alpha value is -1.36. The molecule has 1 N–H and O–H groups in total. The summed E-state index contributed by atoms with van der Waals surface area (Å²) in [7, 11) is 0. The molecule has 0 saturated heterocycles. The van der Waals surface area contributed by atoms with Gasteiger partial charge in [0, 0.05) is 24.7 Å². The van der Waals surface area contributed by atoms with Crippen molar-refractivity contribution in [3.8, 4) is 0 Å². The normalized spacial score (nSPS) is 40.0. The average molecular weight is 463 g/mol. The fraction of sp³-hybridized carbons (Fsp3) is 0.857. The Morgan fingerprint density at radius 2 is 1.58 bits per heavy atom. The Kier molecular flexibility index (Phi) is 8.03. The molecule has 33 heavy (non-hydrogen) atoms. The number of hydrogen-bond acceptors (Lipinski definition) is 5. The van der Waals surface area contributed by atoms with Gasteiger partial charge in [-0.3, -0.25) is 9.59 Å². The lowest BCUT2D eigenvalue weighted by Crippen LogP contribution is -2.60. The molecule has 0 heterocycles. The maximum atomic E-state index is 12.8. The molecule has 188 valence electrons. The Morgan fingerprint density at radius 3 is 2.24 bits per heavy atom. The Bertz CT molecular complexity index is 730. The van der Waals surface area contributed by atoms with Crippen LogP contribution in [-0.4, -0.2) is 22.8 Å². The topological polar surface area (TPSA) is 72.8 Å². The molecule has 0 aromatic rings. The van der Waals surface area contributed by atoms with Crippen molar-refractivity contribution in [2.75, 3.05) is 0 Å². The van der Waals surface area contributed by atoms with E-state index in [1.54, 1.807) is 0 Å². The van der Waals surface area contributed by atoms with Crippen LogP contribution in [0.3, 0.4) is 0 Å². The van der Waals surface area contributed by atoms with E-state index in [1.807, 2.05) is 0 Å². The fourth-order valence-electron chi connectivity index (χ4n) is 7.71. The Balaban J connectivity index is 1.72. The summed E-state index contributed by atoms with van der Waals surface area (Å²) < 4.78 is 10.6. The number of rotatable bonds is 7. The molecule has 0 aromatic heterocycles. The minimum absolute atomic E-state index is 0.204. The minimum Gasteiger partial charge on any atom is -0.435 e. The third-order valence-electron chi connectivity index (χ3n) is 10.0. The molecule has 3 saturated carbocycles. The highest BCUT2D eigenvalue weighted by atomic mass is 16.7. The molecule has 0 amide bonds. The van der Waals surface area contributed by atoms with Gasteiger partial charge in [-0.05, 0) is 80.0 Å². The van der Waals surface area contributed by atoms with Crippen molar-refractivity contribution < 1.29 is 24.2 Å². The molecule has 0 aliphatic heterocycles. The lowest BCUT2D eigenvalue weighted by atomic mass is 9.47. The van der Waals surface area contributed by atoms with E-state index in [9.17, 15) is 14.7 Å². The lowest BCUT2D eigenvalue weighted by molar-refractivity contribution is -0.301. The predicted octanol–water partition coefficient (Wildman–Crippen LogP) is 6.39. The maximum Gasteiger partial charge on any atom is 0.310 e. The monoisotopic (exact) mass is 462 g/mol. The van der Waals surface area contributed by atoms with E-state index in [0.29, 0.717) is 54.3 Å². The van der Waals surface area contributed by atoms with Crippen LogP contribution in [0.1, 0.15) is 105 Å². The van der Waals surface area contributed by atoms with E-state index in [1.165, 1.54) is 12.8 Å². The first kappa shape index (κ1) is 26.2. The largest absolute Gasteiger partial charge is 0.435 e. The van der Waals surface area contributed by atoms with Crippen LogP contribution < -0.4 is 0 Å². The quantitative estimate of drug-likeness (QED) is 0.205. The zero-order valence-electron chi connectivity index (χ0n) is 21.5. The Morgan fingerprint density at radius 1 is 0.939 bits per heavy atom. The summed E-state index contributed by atoms with van der Waals surface area (Å²) in [6.45, 7) is 15.2. The molecule has 3 aliphatic carbocycles. The molecule has 1 unspecified atom stereocenters. The first-order valence-corrected chi connectivity index (χ1v) is 13.2. The standard InChI is InChI=1S/C28H46O5/c1-7-32-24(29)10-8-9-11-25(30)33-28(31)17-14-20(3)23-18-21-13-12-19(2)22(26(21,4)5)15-16-27(23,28)6/h7,19-23,31H,1,8-18H2,2-6H3/t19-,20-,21+,22+,23-,27+,28?/m1/s1. The molecule has 3 rings (SSSR count). The summed E-state index contributed by atoms with van der Waals surface area (Å²) in [5, 5.41) is 11.9. The molecule has 3 fully saturated rings. The number of fused-ring (bicyclic) bond motifs is 3. The van der Waals surface area contributed by atoms with E-state index < -0.39 is 11.2 Å². The van der Waals surface area contributed by atoms with Gasteiger partial charge in [0.15, 0.2) is 0 Å². The second-order valence-corrected chi connectivity index (χ2v) is 12.1. The third kappa shape index (κ3) is 5.18. The highest BCUT2D eigenvalue weighted by Gasteiger charge is 2.61. The van der Waals surface area contributed by atoms with Gasteiger partial charge in [0.2, 0.25) is 5.79 Å². The van der Waals surface area contributed by atoms with Gasteiger partial charge >= 0.3 is 11.9 Å². The molecule has 0 spiro atoms. The van der Waals surface area contributed by atoms with Crippen molar-refractivity contribution in [2.24, 2.45) is 40.4 Å². The molecule has 5 nitrogen and oxygen atoms in total. The van der Waals surface area contributed by atoms with Gasteiger partial charge < -0.3 is 14.6 Å². The van der Waals surface area contributed by atoms with Gasteiger partial charge in [0.1, 0.15) is 0 Å². The highest BCUT2D eigenvalue weighted by molar-refractivity contribution is 5.71. The number of ether oxygens (including phenoxy) is 2. The van der Waals surface area contributed by atoms with Crippen LogP contribution in [0.15, 0.2) is 12.8 Å². The van der Waals surface area contributed by atoms with Crippen LogP contribution in [0.5, 0.6) is 0 Å². The summed E-state index contributed by atoms with van der Waals surface area (Å²) in [6, 6.07) is 0. The lowest BCUT2D eigenvalue weighted by Gasteiger charge is -2.60. The van der Waals surface area contributed by atoms with Gasteiger partial charge in [-0.25, -0.2) is 0 Å². The van der Waals surface area contributed by atoms with Crippen molar-refractivity contribution in [1.82, 2.24) is 0 Å². The summed E-state index contributed by atoms with van der Waals surface area (Å²) >= 11 is 0. The molecule has 2 bridgehead atoms. The van der Waals surface area contributed by atoms with Crippen molar-refractivity contribution in [3.05, 3.63) is 12.8 Å². The van der Waals surface area contributed by atoms with Crippen molar-refractivity contribution in [3.63, 3.8) is 0 Å². The SMILES string of the molecule is C=COC(=O)CCCCC(=O)OC1(O)CC[C@@H](C)[C@H]2C[C@@H]3CC[C@@H](C)[C@H](CC[C@@]21C)C3(C)C. The summed E-state index contributed by atoms with van der Waals surface area (Å²) in [6.07, 6.45) is 9.69. The van der Waals surface area contributed by atoms with Crippen molar-refractivity contribution in [1.29, 1.82) is 0 Å². The van der Waals surface area contributed by atoms with Crippen molar-refractivity contribution >= 4 is 11.9 Å². The Labute approximate surface area is 200 Å². The molecule has 5 heteroatoms. The maximum absolute atomic E-state index is 12.8. The number of carbonyl (C=O) groups excluding carboxylic acids is 2. The van der Waals surface area contributed by atoms with E-state index in [2.05, 4.69) is 41.2 Å². The molecule has 3 aliphatic rings. The summed E-state index contributed by atoms with van der Waals surface area (Å²) in [5.41, 5.74) is -0.115. The molecular weight excluding hydrogens is 416 g/mol. The van der Waals surface area contributed by atoms with E-state index in [0.717, 1.165) is 31.9 Å². The van der Waals surface area contributed by atoms with Crippen LogP contribution in [0.25, 0.3) is 0 Å². The van der Waals surface area contributed by atoms with Gasteiger partial charge in [0.05, 0.1) is 6.26 Å². The van der Waals surface area contributed by atoms with Crippen LogP contribution in [0.2, 0.25) is 0 Å². The third-order valence-corrected chi connectivity index (χ3v) is 10.0. The average Bonchev–Trinajstić information content (AvgIpc) is 2.73. The zero-order chi connectivity index (χ0) is 24.4. The number of unbranched alkanes of at least 4 members (excludes halogenated alkanes) is 1. The van der Waals surface area contributed by atoms with Crippen molar-refractivity contribution in [2.45, 2.75) is 111 Å². The first-order chi connectivity index (χ1) is 15.4. The number of esters is 2. The van der Waals surface area contributed by atoms with Crippen LogP contribution in [-0.2, 0) is 19.1 Å². The van der Waals surface area contributed by atoms with Gasteiger partial charge in [-0.15, -0.1) is 0 Å². The van der Waals surface area contributed by atoms with Gasteiger partial charge in [-0.2, -0.15) is 0 Å². The highest BCUT2D eigenvalue weighted by Crippen LogP contribution is 2.62. The summed E-state index contributed by atoms with van der Waals surface area (Å²) in [5.74, 6) is 0.725. The molecule has 0 radical (unpaired) electrons. The van der Waals surface area contributed by atoms with Gasteiger partial charge in [0.25, 0.3) is 0 Å². The predicted molar refractivity (Wildman–Crippen MR) is 129 cm³/mol. The molecule has 0 aromatic carbocycles. The van der Waals surface area contributed by atoms with E-state index in [-0.39, 0.29) is 24.8 Å². The molecule has 7 atom stereocenters. The van der Waals surface area contributed by atoms with Gasteiger partial charge in [-0.1, -0.05) is 47.6 Å². The van der Waals surface area contributed by atoms with Crippen LogP contribution >= 0.6 is 0 Å². The second kappa shape index (κ2) is 10.1. The van der Waals surface area contributed by atoms with Crippen LogP contribution in [0, 0.1) is 40.4 Å². The minimum atomic E-state index is -1.41. The number of hydrogen-bond donors (Lipinski definition) is 1. The zero-order valence-corrected chi connectivity index (χ0v) is 21.5. The fourth-order valence-corrected chi connectivity index (χ4v) is 7.71. The summed E-state index contributed by atoms with van der Waals surface area (Å²) in [4.78, 5) is 24.2. The smallest absolute Gasteiger partial charge is 0.310 e. The van der Waals surface area contributed by atoms with Crippen LogP contribution in [0.4, 0.5) is 0 Å². The van der Waals surface area contributed by atoms with E-state index in [4.69, 9.17) is 9.47 Å². The first-order valence-electron chi connectivity index (χ1n) is 13.2. The second-order valence-electron chi connectivity index (χ2n) is 12.1. The van der Waals surface area contributed by atoms with E-state index >= 15 is 0 Å². The number of aliphatic hydroxyl groups is 1. The number of carbonyl (C=O) groups is 2.